The summed E-state index contributed by atoms with van der Waals surface area (Å²) in [6, 6.07) is 0.920. The van der Waals surface area contributed by atoms with E-state index in [0.717, 1.165) is 6.04 Å². The average Bonchev–Trinajstić information content (AvgIpc) is 2.23. The van der Waals surface area contributed by atoms with Crippen molar-refractivity contribution in [3.05, 3.63) is 0 Å². The van der Waals surface area contributed by atoms with E-state index in [-0.39, 0.29) is 18.2 Å². The lowest BCUT2D eigenvalue weighted by Gasteiger charge is -2.19. The fourth-order valence-corrected chi connectivity index (χ4v) is 3.34. The Morgan fingerprint density at radius 1 is 1.39 bits per heavy atom. The molecular weight excluding hydrogens is 268 g/mol. The zero-order chi connectivity index (χ0) is 13.8. The lowest BCUT2D eigenvalue weighted by Crippen LogP contribution is -2.33. The van der Waals surface area contributed by atoms with Crippen LogP contribution in [0.4, 0.5) is 0 Å². The molecule has 1 aliphatic heterocycles. The van der Waals surface area contributed by atoms with Crippen molar-refractivity contribution in [1.29, 1.82) is 0 Å². The first-order chi connectivity index (χ1) is 8.29. The van der Waals surface area contributed by atoms with Gasteiger partial charge in [-0.25, -0.2) is 0 Å². The number of rotatable bonds is 5. The second-order valence-electron chi connectivity index (χ2n) is 5.63. The summed E-state index contributed by atoms with van der Waals surface area (Å²) in [5.74, 6) is -0.520. The summed E-state index contributed by atoms with van der Waals surface area (Å²) >= 11 is 1.38. The first-order valence-electron chi connectivity index (χ1n) is 6.14. The van der Waals surface area contributed by atoms with Crippen molar-refractivity contribution in [2.75, 3.05) is 12.4 Å². The van der Waals surface area contributed by atoms with Crippen molar-refractivity contribution >= 4 is 37.4 Å². The van der Waals surface area contributed by atoms with Crippen molar-refractivity contribution in [3.63, 3.8) is 0 Å². The van der Waals surface area contributed by atoms with Crippen LogP contribution in [0.1, 0.15) is 12.8 Å². The quantitative estimate of drug-likeness (QED) is 0.439. The Kier molecular flexibility index (Phi) is 5.59. The van der Waals surface area contributed by atoms with Gasteiger partial charge in [0.2, 0.25) is 5.78 Å². The summed E-state index contributed by atoms with van der Waals surface area (Å²) in [6.07, 6.45) is 0.325. The van der Waals surface area contributed by atoms with Gasteiger partial charge in [-0.3, -0.25) is 14.4 Å². The molecule has 0 amide bonds. The van der Waals surface area contributed by atoms with Gasteiger partial charge in [0, 0.05) is 20.2 Å². The zero-order valence-electron chi connectivity index (χ0n) is 11.2. The SMILES string of the molecule is C[Si](C)(C)CCOC(=O)CC1SCCC(=O)C1=O. The first-order valence-corrected chi connectivity index (χ1v) is 10.9. The number of hydrogen-bond acceptors (Lipinski definition) is 5. The van der Waals surface area contributed by atoms with Gasteiger partial charge in [-0.1, -0.05) is 19.6 Å². The molecule has 1 atom stereocenters. The van der Waals surface area contributed by atoms with E-state index in [4.69, 9.17) is 4.74 Å². The first kappa shape index (κ1) is 15.4. The summed E-state index contributed by atoms with van der Waals surface area (Å²) in [7, 11) is -1.20. The summed E-state index contributed by atoms with van der Waals surface area (Å²) in [4.78, 5) is 34.3. The lowest BCUT2D eigenvalue weighted by molar-refractivity contribution is -0.144. The van der Waals surface area contributed by atoms with E-state index >= 15 is 0 Å². The maximum absolute atomic E-state index is 11.6. The highest BCUT2D eigenvalue weighted by molar-refractivity contribution is 8.00. The third-order valence-corrected chi connectivity index (χ3v) is 5.61. The Bertz CT molecular complexity index is 348. The van der Waals surface area contributed by atoms with Crippen LogP contribution in [0.25, 0.3) is 0 Å². The molecule has 6 heteroatoms. The fraction of sp³-hybridized carbons (Fsp3) is 0.750. The Hall–Kier alpha value is -0.623. The molecule has 0 saturated carbocycles. The Labute approximate surface area is 113 Å². The van der Waals surface area contributed by atoms with Gasteiger partial charge in [0.15, 0.2) is 5.78 Å². The lowest BCUT2D eigenvalue weighted by atomic mass is 10.1. The van der Waals surface area contributed by atoms with E-state index in [1.54, 1.807) is 0 Å². The molecule has 0 radical (unpaired) electrons. The molecule has 0 aromatic carbocycles. The molecule has 0 spiro atoms. The maximum Gasteiger partial charge on any atom is 0.307 e. The standard InChI is InChI=1S/C12H20O4SSi/c1-18(2,3)7-5-16-11(14)8-10-12(15)9(13)4-6-17-10/h10H,4-8H2,1-3H3. The van der Waals surface area contributed by atoms with E-state index in [1.807, 2.05) is 0 Å². The zero-order valence-corrected chi connectivity index (χ0v) is 13.0. The minimum absolute atomic E-state index is 0.0287. The molecule has 1 fully saturated rings. The summed E-state index contributed by atoms with van der Waals surface area (Å²) in [5, 5.41) is -0.523. The Morgan fingerprint density at radius 2 is 2.06 bits per heavy atom. The fourth-order valence-electron chi connectivity index (χ4n) is 1.51. The summed E-state index contributed by atoms with van der Waals surface area (Å²) in [6.45, 7) is 7.05. The van der Waals surface area contributed by atoms with E-state index in [1.165, 1.54) is 11.8 Å². The molecule has 1 aliphatic rings. The normalized spacial score (nSPS) is 20.9. The average molecular weight is 288 g/mol. The second kappa shape index (κ2) is 6.52. The largest absolute Gasteiger partial charge is 0.466 e. The predicted octanol–water partition coefficient (Wildman–Crippen LogP) is 1.90. The highest BCUT2D eigenvalue weighted by Gasteiger charge is 2.32. The molecule has 0 aromatic heterocycles. The number of ketones is 2. The molecule has 1 rings (SSSR count). The van der Waals surface area contributed by atoms with Crippen molar-refractivity contribution < 1.29 is 19.1 Å². The van der Waals surface area contributed by atoms with Crippen LogP contribution in [0.5, 0.6) is 0 Å². The number of carbonyl (C=O) groups excluding carboxylic acids is 3. The van der Waals surface area contributed by atoms with Crippen molar-refractivity contribution in [2.45, 2.75) is 43.8 Å². The Balaban J connectivity index is 2.31. The predicted molar refractivity (Wildman–Crippen MR) is 74.6 cm³/mol. The van der Waals surface area contributed by atoms with Gasteiger partial charge in [-0.05, 0) is 6.04 Å². The molecule has 0 aliphatic carbocycles. The van der Waals surface area contributed by atoms with Crippen LogP contribution < -0.4 is 0 Å². The van der Waals surface area contributed by atoms with Gasteiger partial charge in [0.25, 0.3) is 0 Å². The van der Waals surface area contributed by atoms with Gasteiger partial charge >= 0.3 is 5.97 Å². The number of esters is 1. The molecule has 0 bridgehead atoms. The van der Waals surface area contributed by atoms with E-state index < -0.39 is 19.1 Å². The second-order valence-corrected chi connectivity index (χ2v) is 12.6. The van der Waals surface area contributed by atoms with Gasteiger partial charge < -0.3 is 4.74 Å². The number of hydrogen-bond donors (Lipinski definition) is 0. The number of Topliss-reactive ketones (excluding diaryl/α,β-unsaturated/α-hetero) is 2. The molecule has 102 valence electrons. The van der Waals surface area contributed by atoms with Gasteiger partial charge in [0.05, 0.1) is 18.3 Å². The number of thioether (sulfide) groups is 1. The van der Waals surface area contributed by atoms with Crippen LogP contribution >= 0.6 is 11.8 Å². The van der Waals surface area contributed by atoms with E-state index in [9.17, 15) is 14.4 Å². The molecule has 4 nitrogen and oxygen atoms in total. The molecule has 1 heterocycles. The van der Waals surface area contributed by atoms with Gasteiger partial charge in [-0.15, -0.1) is 11.8 Å². The topological polar surface area (TPSA) is 60.4 Å². The molecule has 0 aromatic rings. The van der Waals surface area contributed by atoms with Crippen molar-refractivity contribution in [3.8, 4) is 0 Å². The summed E-state index contributed by atoms with van der Waals surface area (Å²) in [5.41, 5.74) is 0. The molecule has 1 unspecified atom stereocenters. The number of carbonyl (C=O) groups is 3. The molecule has 0 N–H and O–H groups in total. The van der Waals surface area contributed by atoms with Crippen LogP contribution in [0.15, 0.2) is 0 Å². The smallest absolute Gasteiger partial charge is 0.307 e. The van der Waals surface area contributed by atoms with Crippen molar-refractivity contribution in [2.24, 2.45) is 0 Å². The molecule has 1 saturated heterocycles. The van der Waals surface area contributed by atoms with Gasteiger partial charge in [-0.2, -0.15) is 0 Å². The maximum atomic E-state index is 11.6. The van der Waals surface area contributed by atoms with Crippen LogP contribution in [-0.2, 0) is 19.1 Å². The van der Waals surface area contributed by atoms with Crippen LogP contribution in [-0.4, -0.2) is 43.2 Å². The monoisotopic (exact) mass is 288 g/mol. The van der Waals surface area contributed by atoms with Gasteiger partial charge in [0.1, 0.15) is 0 Å². The van der Waals surface area contributed by atoms with Crippen LogP contribution in [0.3, 0.4) is 0 Å². The third kappa shape index (κ3) is 5.35. The van der Waals surface area contributed by atoms with E-state index in [0.29, 0.717) is 18.8 Å². The third-order valence-electron chi connectivity index (χ3n) is 2.68. The minimum Gasteiger partial charge on any atom is -0.466 e. The van der Waals surface area contributed by atoms with E-state index in [2.05, 4.69) is 19.6 Å². The highest BCUT2D eigenvalue weighted by Crippen LogP contribution is 2.23. The van der Waals surface area contributed by atoms with Crippen LogP contribution in [0.2, 0.25) is 25.7 Å². The van der Waals surface area contributed by atoms with Crippen LogP contribution in [0, 0.1) is 0 Å². The molecular formula is C12H20O4SSi. The molecule has 18 heavy (non-hydrogen) atoms. The Morgan fingerprint density at radius 3 is 2.67 bits per heavy atom. The summed E-state index contributed by atoms with van der Waals surface area (Å²) < 4.78 is 5.12. The highest BCUT2D eigenvalue weighted by atomic mass is 32.2. The number of ether oxygens (including phenoxy) is 1. The van der Waals surface area contributed by atoms with Crippen molar-refractivity contribution in [1.82, 2.24) is 0 Å². The minimum atomic E-state index is -1.20.